The zero-order chi connectivity index (χ0) is 17.3. The molecule has 2 heterocycles. The summed E-state index contributed by atoms with van der Waals surface area (Å²) < 4.78 is 0. The van der Waals surface area contributed by atoms with Gasteiger partial charge in [0.1, 0.15) is 11.4 Å². The molecule has 1 saturated heterocycles. The van der Waals surface area contributed by atoms with Crippen LogP contribution in [0.1, 0.15) is 37.2 Å². The lowest BCUT2D eigenvalue weighted by Gasteiger charge is -2.42. The van der Waals surface area contributed by atoms with Crippen LogP contribution in [0.3, 0.4) is 0 Å². The third-order valence-corrected chi connectivity index (χ3v) is 4.96. The van der Waals surface area contributed by atoms with E-state index in [1.54, 1.807) is 35.2 Å². The van der Waals surface area contributed by atoms with Crippen molar-refractivity contribution >= 4 is 5.91 Å². The summed E-state index contributed by atoms with van der Waals surface area (Å²) in [5, 5.41) is 26.7. The van der Waals surface area contributed by atoms with E-state index in [0.29, 0.717) is 30.9 Å². The molecule has 128 valence electrons. The number of likely N-dealkylation sites (tertiary alicyclic amines) is 1. The first-order chi connectivity index (χ1) is 11.4. The summed E-state index contributed by atoms with van der Waals surface area (Å²) in [7, 11) is 0. The van der Waals surface area contributed by atoms with Crippen molar-refractivity contribution < 1.29 is 15.0 Å². The fourth-order valence-electron chi connectivity index (χ4n) is 3.25. The maximum Gasteiger partial charge on any atom is 0.271 e. The lowest BCUT2D eigenvalue weighted by Crippen LogP contribution is -2.51. The lowest BCUT2D eigenvalue weighted by molar-refractivity contribution is -0.0522. The van der Waals surface area contributed by atoms with Gasteiger partial charge in [-0.05, 0) is 50.1 Å². The number of H-pyrrole nitrogens is 1. The second kappa shape index (κ2) is 6.28. The number of aromatic hydroxyl groups is 1. The highest BCUT2D eigenvalue weighted by Crippen LogP contribution is 2.30. The Hall–Kier alpha value is -2.34. The van der Waals surface area contributed by atoms with Crippen LogP contribution in [-0.4, -0.2) is 49.9 Å². The van der Waals surface area contributed by atoms with Crippen LogP contribution in [0.15, 0.2) is 30.3 Å². The molecule has 0 unspecified atom stereocenters. The highest BCUT2D eigenvalue weighted by molar-refractivity contribution is 5.93. The van der Waals surface area contributed by atoms with Crippen molar-refractivity contribution in [1.82, 2.24) is 15.1 Å². The number of benzene rings is 1. The summed E-state index contributed by atoms with van der Waals surface area (Å²) >= 11 is 0. The predicted octanol–water partition coefficient (Wildman–Crippen LogP) is 2.41. The Balaban J connectivity index is 1.75. The molecule has 2 atom stereocenters. The monoisotopic (exact) mass is 329 g/mol. The third kappa shape index (κ3) is 3.14. The smallest absolute Gasteiger partial charge is 0.271 e. The fraction of sp³-hybridized carbons (Fsp3) is 0.444. The molecule has 1 fully saturated rings. The zero-order valence-corrected chi connectivity index (χ0v) is 14.0. The van der Waals surface area contributed by atoms with E-state index in [9.17, 15) is 15.0 Å². The average Bonchev–Trinajstić information content (AvgIpc) is 3.04. The SMILES string of the molecule is CC[C@H]1CN(C(=O)c2cc(-c3ccc(O)cc3)n[nH]2)CC[C@@]1(C)O. The standard InChI is InChI=1S/C18H23N3O3/c1-3-13-11-21(9-8-18(13,2)24)17(23)16-10-15(19-20-16)12-4-6-14(22)7-5-12/h4-7,10,13,22,24H,3,8-9,11H2,1-2H3,(H,19,20)/t13-,18+/m0/s1. The van der Waals surface area contributed by atoms with Gasteiger partial charge in [-0.1, -0.05) is 6.92 Å². The minimum absolute atomic E-state index is 0.0784. The molecule has 0 bridgehead atoms. The molecule has 2 aromatic rings. The number of rotatable bonds is 3. The highest BCUT2D eigenvalue weighted by Gasteiger charge is 2.38. The van der Waals surface area contributed by atoms with Gasteiger partial charge in [0.2, 0.25) is 0 Å². The second-order valence-corrected chi connectivity index (χ2v) is 6.68. The number of piperidine rings is 1. The molecule has 3 rings (SSSR count). The van der Waals surface area contributed by atoms with Gasteiger partial charge in [0, 0.05) is 24.6 Å². The zero-order valence-electron chi connectivity index (χ0n) is 14.0. The van der Waals surface area contributed by atoms with Crippen LogP contribution >= 0.6 is 0 Å². The van der Waals surface area contributed by atoms with Crippen molar-refractivity contribution in [2.75, 3.05) is 13.1 Å². The Kier molecular flexibility index (Phi) is 4.32. The number of carbonyl (C=O) groups is 1. The fourth-order valence-corrected chi connectivity index (χ4v) is 3.25. The van der Waals surface area contributed by atoms with E-state index in [1.165, 1.54) is 0 Å². The number of phenols is 1. The second-order valence-electron chi connectivity index (χ2n) is 6.68. The molecular formula is C18H23N3O3. The largest absolute Gasteiger partial charge is 0.508 e. The van der Waals surface area contributed by atoms with Crippen LogP contribution in [0.25, 0.3) is 11.3 Å². The third-order valence-electron chi connectivity index (χ3n) is 4.96. The summed E-state index contributed by atoms with van der Waals surface area (Å²) in [6.45, 7) is 4.97. The molecule has 3 N–H and O–H groups in total. The molecule has 1 aliphatic rings. The molecule has 1 amide bonds. The van der Waals surface area contributed by atoms with Crippen molar-refractivity contribution in [2.45, 2.75) is 32.3 Å². The van der Waals surface area contributed by atoms with E-state index in [1.807, 2.05) is 13.8 Å². The number of nitrogens with one attached hydrogen (secondary N) is 1. The number of hydrogen-bond acceptors (Lipinski definition) is 4. The maximum atomic E-state index is 12.7. The first kappa shape index (κ1) is 16.5. The van der Waals surface area contributed by atoms with Gasteiger partial charge in [0.15, 0.2) is 0 Å². The van der Waals surface area contributed by atoms with Gasteiger partial charge in [-0.2, -0.15) is 5.10 Å². The van der Waals surface area contributed by atoms with Crippen LogP contribution in [-0.2, 0) is 0 Å². The minimum atomic E-state index is -0.712. The van der Waals surface area contributed by atoms with E-state index >= 15 is 0 Å². The molecule has 6 nitrogen and oxygen atoms in total. The predicted molar refractivity (Wildman–Crippen MR) is 90.6 cm³/mol. The average molecular weight is 329 g/mol. The number of carbonyl (C=O) groups excluding carboxylic acids is 1. The number of hydrogen-bond donors (Lipinski definition) is 3. The van der Waals surface area contributed by atoms with Crippen molar-refractivity contribution in [2.24, 2.45) is 5.92 Å². The highest BCUT2D eigenvalue weighted by atomic mass is 16.3. The van der Waals surface area contributed by atoms with E-state index in [-0.39, 0.29) is 17.6 Å². The summed E-state index contributed by atoms with van der Waals surface area (Å²) in [4.78, 5) is 14.5. The molecule has 1 aromatic carbocycles. The van der Waals surface area contributed by atoms with Crippen LogP contribution in [0.4, 0.5) is 0 Å². The molecule has 6 heteroatoms. The van der Waals surface area contributed by atoms with Gasteiger partial charge < -0.3 is 15.1 Å². The molecular weight excluding hydrogens is 306 g/mol. The molecule has 1 aliphatic heterocycles. The Morgan fingerprint density at radius 2 is 2.12 bits per heavy atom. The number of aromatic nitrogens is 2. The summed E-state index contributed by atoms with van der Waals surface area (Å²) in [5.41, 5.74) is 1.22. The van der Waals surface area contributed by atoms with Crippen LogP contribution in [0, 0.1) is 5.92 Å². The van der Waals surface area contributed by atoms with Crippen molar-refractivity contribution in [3.63, 3.8) is 0 Å². The first-order valence-corrected chi connectivity index (χ1v) is 8.27. The summed E-state index contributed by atoms with van der Waals surface area (Å²) in [6.07, 6.45) is 1.41. The minimum Gasteiger partial charge on any atom is -0.508 e. The number of aromatic amines is 1. The van der Waals surface area contributed by atoms with Crippen molar-refractivity contribution in [1.29, 1.82) is 0 Å². The van der Waals surface area contributed by atoms with Gasteiger partial charge in [-0.15, -0.1) is 0 Å². The molecule has 0 spiro atoms. The quantitative estimate of drug-likeness (QED) is 0.806. The van der Waals surface area contributed by atoms with E-state index in [2.05, 4.69) is 10.2 Å². The van der Waals surface area contributed by atoms with Crippen LogP contribution in [0.5, 0.6) is 5.75 Å². The Bertz CT molecular complexity index is 721. The number of aliphatic hydroxyl groups is 1. The first-order valence-electron chi connectivity index (χ1n) is 8.27. The van der Waals surface area contributed by atoms with Gasteiger partial charge in [-0.3, -0.25) is 9.89 Å². The van der Waals surface area contributed by atoms with Crippen molar-refractivity contribution in [3.05, 3.63) is 36.0 Å². The molecule has 0 saturated carbocycles. The number of amides is 1. The van der Waals surface area contributed by atoms with E-state index < -0.39 is 5.60 Å². The van der Waals surface area contributed by atoms with Gasteiger partial charge in [0.05, 0.1) is 11.3 Å². The Morgan fingerprint density at radius 3 is 2.79 bits per heavy atom. The van der Waals surface area contributed by atoms with Crippen LogP contribution < -0.4 is 0 Å². The Labute approximate surface area is 141 Å². The molecule has 1 aromatic heterocycles. The number of phenolic OH excluding ortho intramolecular Hbond substituents is 1. The number of nitrogens with zero attached hydrogens (tertiary/aromatic N) is 2. The maximum absolute atomic E-state index is 12.7. The van der Waals surface area contributed by atoms with E-state index in [0.717, 1.165) is 12.0 Å². The topological polar surface area (TPSA) is 89.5 Å². The summed E-state index contributed by atoms with van der Waals surface area (Å²) in [6, 6.07) is 8.41. The van der Waals surface area contributed by atoms with Crippen molar-refractivity contribution in [3.8, 4) is 17.0 Å². The van der Waals surface area contributed by atoms with Crippen LogP contribution in [0.2, 0.25) is 0 Å². The van der Waals surface area contributed by atoms with Gasteiger partial charge in [-0.25, -0.2) is 0 Å². The van der Waals surface area contributed by atoms with E-state index in [4.69, 9.17) is 0 Å². The normalized spacial score (nSPS) is 24.1. The molecule has 24 heavy (non-hydrogen) atoms. The van der Waals surface area contributed by atoms with Gasteiger partial charge >= 0.3 is 0 Å². The molecule has 0 aliphatic carbocycles. The Morgan fingerprint density at radius 1 is 1.42 bits per heavy atom. The lowest BCUT2D eigenvalue weighted by atomic mass is 9.81. The summed E-state index contributed by atoms with van der Waals surface area (Å²) in [5.74, 6) is 0.174. The molecule has 0 radical (unpaired) electrons. The van der Waals surface area contributed by atoms with Gasteiger partial charge in [0.25, 0.3) is 5.91 Å².